The Morgan fingerprint density at radius 2 is 1.63 bits per heavy atom. The highest BCUT2D eigenvalue weighted by Gasteiger charge is 2.22. The Hall–Kier alpha value is -1.35. The fourth-order valence-electron chi connectivity index (χ4n) is 1.98. The lowest BCUT2D eigenvalue weighted by atomic mass is 10.1. The SMILES string of the molecule is CCCCN(CCCC)C(=O)[C@H](O)c1ccccc1. The molecule has 1 aromatic rings. The molecule has 0 aliphatic heterocycles. The van der Waals surface area contributed by atoms with Crippen LogP contribution < -0.4 is 0 Å². The van der Waals surface area contributed by atoms with Crippen LogP contribution in [0, 0.1) is 0 Å². The third-order valence-corrected chi connectivity index (χ3v) is 3.22. The second-order valence-electron chi connectivity index (χ2n) is 4.85. The number of nitrogens with zero attached hydrogens (tertiary/aromatic N) is 1. The Kier molecular flexibility index (Phi) is 7.19. The van der Waals surface area contributed by atoms with E-state index >= 15 is 0 Å². The van der Waals surface area contributed by atoms with E-state index in [9.17, 15) is 9.90 Å². The number of aliphatic hydroxyl groups is 1. The molecule has 0 bridgehead atoms. The van der Waals surface area contributed by atoms with Gasteiger partial charge in [-0.15, -0.1) is 0 Å². The maximum absolute atomic E-state index is 12.3. The van der Waals surface area contributed by atoms with Gasteiger partial charge in [-0.05, 0) is 18.4 Å². The Bertz CT molecular complexity index is 356. The lowest BCUT2D eigenvalue weighted by Crippen LogP contribution is -2.36. The molecule has 0 aliphatic carbocycles. The zero-order chi connectivity index (χ0) is 14.1. The lowest BCUT2D eigenvalue weighted by molar-refractivity contribution is -0.140. The first-order chi connectivity index (χ1) is 9.20. The molecular formula is C16H25NO2. The summed E-state index contributed by atoms with van der Waals surface area (Å²) in [6, 6.07) is 9.15. The van der Waals surface area contributed by atoms with Gasteiger partial charge in [0.15, 0.2) is 6.10 Å². The van der Waals surface area contributed by atoms with E-state index < -0.39 is 6.10 Å². The molecule has 0 spiro atoms. The summed E-state index contributed by atoms with van der Waals surface area (Å²) in [5, 5.41) is 10.2. The van der Waals surface area contributed by atoms with Crippen molar-refractivity contribution >= 4 is 5.91 Å². The Labute approximate surface area is 116 Å². The summed E-state index contributed by atoms with van der Waals surface area (Å²) in [5.74, 6) is -0.173. The van der Waals surface area contributed by atoms with Gasteiger partial charge in [0.05, 0.1) is 0 Å². The van der Waals surface area contributed by atoms with Crippen molar-refractivity contribution in [2.75, 3.05) is 13.1 Å². The van der Waals surface area contributed by atoms with Gasteiger partial charge in [0.25, 0.3) is 5.91 Å². The van der Waals surface area contributed by atoms with Crippen molar-refractivity contribution in [1.82, 2.24) is 4.90 Å². The van der Waals surface area contributed by atoms with E-state index in [1.165, 1.54) is 0 Å². The number of unbranched alkanes of at least 4 members (excludes halogenated alkanes) is 2. The van der Waals surface area contributed by atoms with Crippen LogP contribution in [-0.4, -0.2) is 29.0 Å². The maximum Gasteiger partial charge on any atom is 0.256 e. The molecule has 0 radical (unpaired) electrons. The fourth-order valence-corrected chi connectivity index (χ4v) is 1.98. The average molecular weight is 263 g/mol. The van der Waals surface area contributed by atoms with Crippen molar-refractivity contribution in [2.45, 2.75) is 45.6 Å². The smallest absolute Gasteiger partial charge is 0.256 e. The molecule has 0 aromatic heterocycles. The van der Waals surface area contributed by atoms with Gasteiger partial charge in [-0.3, -0.25) is 4.79 Å². The third kappa shape index (κ3) is 5.03. The van der Waals surface area contributed by atoms with Crippen LogP contribution in [0.3, 0.4) is 0 Å². The van der Waals surface area contributed by atoms with E-state index in [-0.39, 0.29) is 5.91 Å². The first-order valence-corrected chi connectivity index (χ1v) is 7.22. The zero-order valence-electron chi connectivity index (χ0n) is 12.0. The molecule has 106 valence electrons. The second-order valence-corrected chi connectivity index (χ2v) is 4.85. The fraction of sp³-hybridized carbons (Fsp3) is 0.562. The summed E-state index contributed by atoms with van der Waals surface area (Å²) < 4.78 is 0. The number of amides is 1. The summed E-state index contributed by atoms with van der Waals surface area (Å²) in [6.45, 7) is 5.69. The number of aliphatic hydroxyl groups excluding tert-OH is 1. The summed E-state index contributed by atoms with van der Waals surface area (Å²) in [7, 11) is 0. The van der Waals surface area contributed by atoms with Gasteiger partial charge in [-0.2, -0.15) is 0 Å². The summed E-state index contributed by atoms with van der Waals surface area (Å²) in [5.41, 5.74) is 0.672. The highest BCUT2D eigenvalue weighted by molar-refractivity contribution is 5.82. The minimum absolute atomic E-state index is 0.173. The van der Waals surface area contributed by atoms with Gasteiger partial charge < -0.3 is 10.0 Å². The highest BCUT2D eigenvalue weighted by atomic mass is 16.3. The van der Waals surface area contributed by atoms with E-state index in [2.05, 4.69) is 13.8 Å². The predicted octanol–water partition coefficient (Wildman–Crippen LogP) is 3.15. The van der Waals surface area contributed by atoms with Crippen LogP contribution in [0.1, 0.15) is 51.2 Å². The van der Waals surface area contributed by atoms with Crippen LogP contribution in [-0.2, 0) is 4.79 Å². The molecule has 1 atom stereocenters. The van der Waals surface area contributed by atoms with Crippen molar-refractivity contribution in [2.24, 2.45) is 0 Å². The predicted molar refractivity (Wildman–Crippen MR) is 77.8 cm³/mol. The molecule has 0 saturated heterocycles. The summed E-state index contributed by atoms with van der Waals surface area (Å²) in [6.07, 6.45) is 3.04. The first-order valence-electron chi connectivity index (χ1n) is 7.22. The lowest BCUT2D eigenvalue weighted by Gasteiger charge is -2.25. The van der Waals surface area contributed by atoms with E-state index in [4.69, 9.17) is 0 Å². The quantitative estimate of drug-likeness (QED) is 0.782. The number of carbonyl (C=O) groups excluding carboxylic acids is 1. The number of hydrogen-bond donors (Lipinski definition) is 1. The zero-order valence-corrected chi connectivity index (χ0v) is 12.0. The molecule has 1 aromatic carbocycles. The van der Waals surface area contributed by atoms with Crippen molar-refractivity contribution in [3.8, 4) is 0 Å². The summed E-state index contributed by atoms with van der Waals surface area (Å²) >= 11 is 0. The molecule has 1 rings (SSSR count). The molecule has 3 heteroatoms. The molecule has 0 fully saturated rings. The molecule has 0 heterocycles. The highest BCUT2D eigenvalue weighted by Crippen LogP contribution is 2.16. The molecule has 1 amide bonds. The van der Waals surface area contributed by atoms with Gasteiger partial charge in [0.1, 0.15) is 0 Å². The minimum Gasteiger partial charge on any atom is -0.378 e. The van der Waals surface area contributed by atoms with Crippen molar-refractivity contribution in [3.05, 3.63) is 35.9 Å². The van der Waals surface area contributed by atoms with E-state index in [0.717, 1.165) is 38.8 Å². The number of rotatable bonds is 8. The van der Waals surface area contributed by atoms with Crippen LogP contribution >= 0.6 is 0 Å². The van der Waals surface area contributed by atoms with Crippen LogP contribution in [0.5, 0.6) is 0 Å². The van der Waals surface area contributed by atoms with Crippen LogP contribution in [0.2, 0.25) is 0 Å². The van der Waals surface area contributed by atoms with Gasteiger partial charge in [0.2, 0.25) is 0 Å². The Morgan fingerprint density at radius 1 is 1.11 bits per heavy atom. The number of carbonyl (C=O) groups is 1. The van der Waals surface area contributed by atoms with Gasteiger partial charge >= 0.3 is 0 Å². The summed E-state index contributed by atoms with van der Waals surface area (Å²) in [4.78, 5) is 14.1. The van der Waals surface area contributed by atoms with Gasteiger partial charge in [0, 0.05) is 13.1 Å². The van der Waals surface area contributed by atoms with Crippen molar-refractivity contribution in [1.29, 1.82) is 0 Å². The molecular weight excluding hydrogens is 238 g/mol. The van der Waals surface area contributed by atoms with E-state index in [0.29, 0.717) is 5.56 Å². The van der Waals surface area contributed by atoms with Crippen LogP contribution in [0.15, 0.2) is 30.3 Å². The second kappa shape index (κ2) is 8.70. The van der Waals surface area contributed by atoms with Crippen LogP contribution in [0.25, 0.3) is 0 Å². The maximum atomic E-state index is 12.3. The molecule has 0 saturated carbocycles. The minimum atomic E-state index is -1.03. The van der Waals surface area contributed by atoms with Crippen molar-refractivity contribution < 1.29 is 9.90 Å². The number of hydrogen-bond acceptors (Lipinski definition) is 2. The normalized spacial score (nSPS) is 12.2. The molecule has 1 N–H and O–H groups in total. The first kappa shape index (κ1) is 15.7. The number of benzene rings is 1. The average Bonchev–Trinajstić information content (AvgIpc) is 2.47. The van der Waals surface area contributed by atoms with Crippen molar-refractivity contribution in [3.63, 3.8) is 0 Å². The topological polar surface area (TPSA) is 40.5 Å². The van der Waals surface area contributed by atoms with Crippen LogP contribution in [0.4, 0.5) is 0 Å². The largest absolute Gasteiger partial charge is 0.378 e. The monoisotopic (exact) mass is 263 g/mol. The van der Waals surface area contributed by atoms with Gasteiger partial charge in [-0.25, -0.2) is 0 Å². The standard InChI is InChI=1S/C16H25NO2/c1-3-5-12-17(13-6-4-2)16(19)15(18)14-10-8-7-9-11-14/h7-11,15,18H,3-6,12-13H2,1-2H3/t15-/m1/s1. The third-order valence-electron chi connectivity index (χ3n) is 3.22. The van der Waals surface area contributed by atoms with Gasteiger partial charge in [-0.1, -0.05) is 57.0 Å². The van der Waals surface area contributed by atoms with E-state index in [1.54, 1.807) is 17.0 Å². The van der Waals surface area contributed by atoms with E-state index in [1.807, 2.05) is 18.2 Å². The molecule has 0 aliphatic rings. The Morgan fingerprint density at radius 3 is 2.11 bits per heavy atom. The Balaban J connectivity index is 2.68. The molecule has 19 heavy (non-hydrogen) atoms. The molecule has 0 unspecified atom stereocenters. The molecule has 3 nitrogen and oxygen atoms in total.